The van der Waals surface area contributed by atoms with Crippen molar-refractivity contribution >= 4 is 11.9 Å². The molecule has 0 aliphatic rings. The molecule has 1 N–H and O–H groups in total. The topological polar surface area (TPSA) is 32.6 Å². The summed E-state index contributed by atoms with van der Waals surface area (Å²) in [4.78, 5) is 3.10. The zero-order valence-electron chi connectivity index (χ0n) is 12.8. The van der Waals surface area contributed by atoms with Gasteiger partial charge in [0.25, 0.3) is 0 Å². The number of aromatic hydroxyl groups is 1. The van der Waals surface area contributed by atoms with Crippen molar-refractivity contribution < 1.29 is 44.6 Å². The number of hydrogen-bond donors (Lipinski definition) is 1. The van der Waals surface area contributed by atoms with E-state index in [0.717, 1.165) is 12.1 Å². The van der Waals surface area contributed by atoms with Gasteiger partial charge in [-0.25, -0.2) is 0 Å². The molecule has 0 aromatic heterocycles. The van der Waals surface area contributed by atoms with E-state index in [1.54, 1.807) is 0 Å². The molecule has 0 saturated heterocycles. The third-order valence-electron chi connectivity index (χ3n) is 3.32. The molecule has 2 nitrogen and oxygen atoms in total. The molecular formula is C16H8F9NO. The molecule has 0 saturated carbocycles. The minimum atomic E-state index is -5.54. The minimum Gasteiger partial charge on any atom is -0.507 e. The van der Waals surface area contributed by atoms with E-state index in [2.05, 4.69) is 4.99 Å². The van der Waals surface area contributed by atoms with E-state index in [-0.39, 0.29) is 5.56 Å². The zero-order valence-corrected chi connectivity index (χ0v) is 12.8. The highest BCUT2D eigenvalue weighted by Crippen LogP contribution is 2.47. The molecule has 0 aliphatic heterocycles. The van der Waals surface area contributed by atoms with Crippen LogP contribution in [-0.2, 0) is 18.5 Å². The van der Waals surface area contributed by atoms with Gasteiger partial charge in [0.15, 0.2) is 0 Å². The molecule has 0 heterocycles. The molecule has 2 aromatic rings. The largest absolute Gasteiger partial charge is 0.507 e. The highest BCUT2D eigenvalue weighted by molar-refractivity contribution is 5.86. The van der Waals surface area contributed by atoms with Crippen molar-refractivity contribution in [2.75, 3.05) is 0 Å². The second kappa shape index (κ2) is 6.78. The monoisotopic (exact) mass is 401 g/mol. The summed E-state index contributed by atoms with van der Waals surface area (Å²) in [6.07, 6.45) is -16.0. The Bertz CT molecular complexity index is 828. The number of benzene rings is 2. The fraction of sp³-hybridized carbons (Fsp3) is 0.188. The average molecular weight is 401 g/mol. The number of aliphatic imine (C=N–C) groups is 1. The van der Waals surface area contributed by atoms with Crippen LogP contribution in [0.15, 0.2) is 41.4 Å². The Morgan fingerprint density at radius 3 is 1.63 bits per heavy atom. The number of alkyl halides is 9. The second-order valence-corrected chi connectivity index (χ2v) is 5.23. The number of phenolic OH excluding ortho intramolecular Hbond substituents is 1. The fourth-order valence-corrected chi connectivity index (χ4v) is 2.10. The summed E-state index contributed by atoms with van der Waals surface area (Å²) in [6.45, 7) is 0. The summed E-state index contributed by atoms with van der Waals surface area (Å²) in [7, 11) is 0. The third-order valence-corrected chi connectivity index (χ3v) is 3.32. The maximum Gasteiger partial charge on any atom is 0.418 e. The molecule has 0 spiro atoms. The van der Waals surface area contributed by atoms with Gasteiger partial charge in [0.2, 0.25) is 0 Å². The summed E-state index contributed by atoms with van der Waals surface area (Å²) in [5.74, 6) is -0.490. The lowest BCUT2D eigenvalue weighted by molar-refractivity contribution is -0.147. The molecule has 2 rings (SSSR count). The van der Waals surface area contributed by atoms with E-state index < -0.39 is 58.8 Å². The number of para-hydroxylation sites is 1. The molecule has 0 fully saturated rings. The summed E-state index contributed by atoms with van der Waals surface area (Å²) >= 11 is 0. The molecule has 0 atom stereocenters. The number of halogens is 9. The van der Waals surface area contributed by atoms with Crippen LogP contribution in [0.1, 0.15) is 22.3 Å². The van der Waals surface area contributed by atoms with Crippen LogP contribution in [0.4, 0.5) is 45.2 Å². The number of hydrogen-bond acceptors (Lipinski definition) is 2. The highest BCUT2D eigenvalue weighted by Gasteiger charge is 2.44. The Kier molecular flexibility index (Phi) is 5.17. The van der Waals surface area contributed by atoms with Gasteiger partial charge in [-0.3, -0.25) is 4.99 Å². The first kappa shape index (κ1) is 20.6. The summed E-state index contributed by atoms with van der Waals surface area (Å²) in [5, 5.41) is 9.51. The standard InChI is InChI=1S/C16H8F9NO/c17-14(18,19)9-5-10(15(20,21)22)13(11(6-9)16(23,24)25)26-7-8-3-1-2-4-12(8)27/h1-7,27H. The quantitative estimate of drug-likeness (QED) is 0.472. The lowest BCUT2D eigenvalue weighted by Crippen LogP contribution is -2.16. The van der Waals surface area contributed by atoms with Gasteiger partial charge in [-0.15, -0.1) is 0 Å². The Morgan fingerprint density at radius 2 is 1.22 bits per heavy atom. The van der Waals surface area contributed by atoms with Crippen molar-refractivity contribution in [3.63, 3.8) is 0 Å². The van der Waals surface area contributed by atoms with Gasteiger partial charge in [-0.2, -0.15) is 39.5 Å². The van der Waals surface area contributed by atoms with Crippen LogP contribution in [0.3, 0.4) is 0 Å². The van der Waals surface area contributed by atoms with Gasteiger partial charge >= 0.3 is 18.5 Å². The smallest absolute Gasteiger partial charge is 0.418 e. The predicted molar refractivity (Wildman–Crippen MR) is 76.8 cm³/mol. The Hall–Kier alpha value is -2.72. The van der Waals surface area contributed by atoms with Crippen LogP contribution < -0.4 is 0 Å². The summed E-state index contributed by atoms with van der Waals surface area (Å²) < 4.78 is 117. The van der Waals surface area contributed by atoms with Crippen LogP contribution in [0.25, 0.3) is 0 Å². The lowest BCUT2D eigenvalue weighted by Gasteiger charge is -2.19. The maximum absolute atomic E-state index is 13.1. The molecule has 0 aliphatic carbocycles. The number of phenols is 1. The van der Waals surface area contributed by atoms with Crippen LogP contribution in [0, 0.1) is 0 Å². The molecule has 0 bridgehead atoms. The molecule has 0 amide bonds. The molecule has 146 valence electrons. The van der Waals surface area contributed by atoms with Gasteiger partial charge < -0.3 is 5.11 Å². The van der Waals surface area contributed by atoms with Crippen LogP contribution >= 0.6 is 0 Å². The van der Waals surface area contributed by atoms with E-state index in [0.29, 0.717) is 6.21 Å². The second-order valence-electron chi connectivity index (χ2n) is 5.23. The molecule has 27 heavy (non-hydrogen) atoms. The van der Waals surface area contributed by atoms with Crippen LogP contribution in [0.2, 0.25) is 0 Å². The first-order valence-electron chi connectivity index (χ1n) is 6.93. The minimum absolute atomic E-state index is 0.223. The Morgan fingerprint density at radius 1 is 0.741 bits per heavy atom. The average Bonchev–Trinajstić information content (AvgIpc) is 2.50. The lowest BCUT2D eigenvalue weighted by atomic mass is 10.0. The van der Waals surface area contributed by atoms with E-state index in [1.165, 1.54) is 12.1 Å². The number of rotatable bonds is 2. The first-order valence-corrected chi connectivity index (χ1v) is 6.93. The molecule has 0 radical (unpaired) electrons. The zero-order chi connectivity index (χ0) is 20.6. The molecular weight excluding hydrogens is 393 g/mol. The SMILES string of the molecule is Oc1ccccc1C=Nc1c(C(F)(F)F)cc(C(F)(F)F)cc1C(F)(F)F. The van der Waals surface area contributed by atoms with Crippen molar-refractivity contribution in [1.29, 1.82) is 0 Å². The fourth-order valence-electron chi connectivity index (χ4n) is 2.10. The highest BCUT2D eigenvalue weighted by atomic mass is 19.4. The summed E-state index contributed by atoms with van der Waals surface area (Å²) in [6, 6.07) is 4.03. The molecule has 2 aromatic carbocycles. The van der Waals surface area contributed by atoms with E-state index in [9.17, 15) is 44.6 Å². The van der Waals surface area contributed by atoms with Gasteiger partial charge in [-0.1, -0.05) is 12.1 Å². The van der Waals surface area contributed by atoms with Crippen molar-refractivity contribution in [3.05, 3.63) is 58.7 Å². The van der Waals surface area contributed by atoms with E-state index in [4.69, 9.17) is 0 Å². The Balaban J connectivity index is 2.79. The molecule has 11 heteroatoms. The van der Waals surface area contributed by atoms with Gasteiger partial charge in [-0.05, 0) is 24.3 Å². The third kappa shape index (κ3) is 4.72. The normalized spacial score (nSPS) is 13.4. The van der Waals surface area contributed by atoms with E-state index in [1.807, 2.05) is 0 Å². The van der Waals surface area contributed by atoms with Gasteiger partial charge in [0.1, 0.15) is 5.75 Å². The van der Waals surface area contributed by atoms with Crippen LogP contribution in [0.5, 0.6) is 5.75 Å². The number of nitrogens with zero attached hydrogens (tertiary/aromatic N) is 1. The van der Waals surface area contributed by atoms with Crippen molar-refractivity contribution in [2.24, 2.45) is 4.99 Å². The predicted octanol–water partition coefficient (Wildman–Crippen LogP) is 6.20. The molecule has 0 unspecified atom stereocenters. The van der Waals surface area contributed by atoms with Crippen molar-refractivity contribution in [3.8, 4) is 5.75 Å². The van der Waals surface area contributed by atoms with Crippen LogP contribution in [-0.4, -0.2) is 11.3 Å². The summed E-state index contributed by atoms with van der Waals surface area (Å²) in [5.41, 5.74) is -8.46. The Labute approximate surface area is 145 Å². The van der Waals surface area contributed by atoms with Crippen molar-refractivity contribution in [2.45, 2.75) is 18.5 Å². The maximum atomic E-state index is 13.1. The van der Waals surface area contributed by atoms with Gasteiger partial charge in [0, 0.05) is 11.8 Å². The first-order chi connectivity index (χ1) is 12.2. The van der Waals surface area contributed by atoms with Crippen molar-refractivity contribution in [1.82, 2.24) is 0 Å². The van der Waals surface area contributed by atoms with Gasteiger partial charge in [0.05, 0.1) is 22.4 Å². The van der Waals surface area contributed by atoms with E-state index >= 15 is 0 Å².